The van der Waals surface area contributed by atoms with Crippen LogP contribution in [0.4, 0.5) is 17.1 Å². The van der Waals surface area contributed by atoms with Gasteiger partial charge in [-0.25, -0.2) is 15.0 Å². The number of furan rings is 1. The fourth-order valence-electron chi connectivity index (χ4n) is 8.45. The van der Waals surface area contributed by atoms with Crippen LogP contribution in [0.5, 0.6) is 0 Å². The Bertz CT molecular complexity index is 3160. The molecule has 64 heavy (non-hydrogen) atoms. The average molecular weight is 831 g/mol. The zero-order chi connectivity index (χ0) is 44.0. The molecule has 0 bridgehead atoms. The summed E-state index contributed by atoms with van der Waals surface area (Å²) in [6.45, 7) is 13.4. The second-order valence-electron chi connectivity index (χ2n) is 18.6. The highest BCUT2D eigenvalue weighted by Crippen LogP contribution is 2.40. The van der Waals surface area contributed by atoms with Gasteiger partial charge in [0.15, 0.2) is 17.5 Å². The molecule has 0 N–H and O–H groups in total. The van der Waals surface area contributed by atoms with Crippen LogP contribution in [0.25, 0.3) is 78.4 Å². The van der Waals surface area contributed by atoms with Crippen molar-refractivity contribution in [3.05, 3.63) is 205 Å². The molecule has 2 aromatic heterocycles. The molecule has 10 rings (SSSR count). The van der Waals surface area contributed by atoms with Crippen LogP contribution in [0.3, 0.4) is 0 Å². The van der Waals surface area contributed by atoms with Gasteiger partial charge in [0.25, 0.3) is 0 Å². The molecule has 0 amide bonds. The molecule has 0 atom stereocenters. The lowest BCUT2D eigenvalue weighted by atomic mass is 9.86. The molecule has 0 radical (unpaired) electrons. The second-order valence-corrected chi connectivity index (χ2v) is 18.6. The monoisotopic (exact) mass is 830 g/mol. The van der Waals surface area contributed by atoms with Gasteiger partial charge in [-0.15, -0.1) is 0 Å². The van der Waals surface area contributed by atoms with E-state index in [0.717, 1.165) is 66.8 Å². The van der Waals surface area contributed by atoms with Crippen LogP contribution in [0.1, 0.15) is 52.7 Å². The minimum absolute atomic E-state index is 0.0319. The van der Waals surface area contributed by atoms with E-state index in [9.17, 15) is 0 Å². The minimum Gasteiger partial charge on any atom is -0.456 e. The molecule has 0 spiro atoms. The number of para-hydroxylation sites is 1. The topological polar surface area (TPSA) is 55.1 Å². The van der Waals surface area contributed by atoms with Crippen molar-refractivity contribution in [3.8, 4) is 56.4 Å². The van der Waals surface area contributed by atoms with Crippen LogP contribution in [0.2, 0.25) is 0 Å². The first-order valence-corrected chi connectivity index (χ1v) is 22.0. The van der Waals surface area contributed by atoms with Crippen LogP contribution in [-0.4, -0.2) is 15.0 Å². The van der Waals surface area contributed by atoms with Crippen LogP contribution < -0.4 is 4.90 Å². The second kappa shape index (κ2) is 16.2. The summed E-state index contributed by atoms with van der Waals surface area (Å²) < 4.78 is 6.64. The zero-order valence-electron chi connectivity index (χ0n) is 37.2. The predicted octanol–water partition coefficient (Wildman–Crippen LogP) is 16.2. The summed E-state index contributed by atoms with van der Waals surface area (Å²) in [6.07, 6.45) is 0. The molecule has 8 aromatic carbocycles. The van der Waals surface area contributed by atoms with Gasteiger partial charge in [-0.2, -0.15) is 0 Å². The number of fused-ring (bicyclic) bond motifs is 3. The zero-order valence-corrected chi connectivity index (χ0v) is 37.2. The molecule has 5 nitrogen and oxygen atoms in total. The SMILES string of the molecule is CC(C)(C)c1ccc(-c2nc(-c3ccc(C(C)(C)C)cc3)nc(-c3cccc4oc5cc(-c6ccc(N(c7ccccc7)c7ccc(-c8ccccc8)cc7)cc6)ccc5c34)n2)cc1. The molecule has 312 valence electrons. The van der Waals surface area contributed by atoms with E-state index in [0.29, 0.717) is 17.5 Å². The molecule has 0 aliphatic rings. The lowest BCUT2D eigenvalue weighted by molar-refractivity contribution is 0.590. The van der Waals surface area contributed by atoms with Crippen molar-refractivity contribution in [1.82, 2.24) is 15.0 Å². The van der Waals surface area contributed by atoms with E-state index in [2.05, 4.69) is 228 Å². The Morgan fingerprint density at radius 1 is 0.359 bits per heavy atom. The number of hydrogen-bond donors (Lipinski definition) is 0. The highest BCUT2D eigenvalue weighted by molar-refractivity contribution is 6.12. The van der Waals surface area contributed by atoms with Crippen LogP contribution >= 0.6 is 0 Å². The van der Waals surface area contributed by atoms with Crippen molar-refractivity contribution >= 4 is 39.0 Å². The molecule has 0 aliphatic heterocycles. The summed E-state index contributed by atoms with van der Waals surface area (Å²) in [4.78, 5) is 17.7. The highest BCUT2D eigenvalue weighted by Gasteiger charge is 2.21. The number of hydrogen-bond acceptors (Lipinski definition) is 5. The maximum atomic E-state index is 6.64. The van der Waals surface area contributed by atoms with Gasteiger partial charge < -0.3 is 9.32 Å². The third-order valence-electron chi connectivity index (χ3n) is 12.1. The maximum absolute atomic E-state index is 6.64. The van der Waals surface area contributed by atoms with E-state index in [4.69, 9.17) is 19.4 Å². The standard InChI is InChI=1S/C59H50N4O/c1-58(2,3)45-29-20-42(21-30-45)55-60-56(43-22-31-46(32-23-43)59(4,5)6)62-57(61-55)51-18-13-19-52-54(51)50-37-28-44(38-53(50)64-52)41-26-35-49(36-27-41)63(47-16-11-8-12-17-47)48-33-24-40(25-34-48)39-14-9-7-10-15-39/h7-38H,1-6H3. The Morgan fingerprint density at radius 2 is 0.797 bits per heavy atom. The first-order chi connectivity index (χ1) is 31.0. The normalized spacial score (nSPS) is 11.9. The predicted molar refractivity (Wildman–Crippen MR) is 266 cm³/mol. The Morgan fingerprint density at radius 3 is 1.33 bits per heavy atom. The molecular formula is C59H50N4O. The molecule has 0 aliphatic carbocycles. The fraction of sp³-hybridized carbons (Fsp3) is 0.136. The van der Waals surface area contributed by atoms with E-state index in [1.165, 1.54) is 22.3 Å². The van der Waals surface area contributed by atoms with Crippen molar-refractivity contribution in [3.63, 3.8) is 0 Å². The van der Waals surface area contributed by atoms with Crippen molar-refractivity contribution in [2.75, 3.05) is 4.90 Å². The molecule has 0 unspecified atom stereocenters. The van der Waals surface area contributed by atoms with Gasteiger partial charge in [-0.1, -0.05) is 181 Å². The van der Waals surface area contributed by atoms with Gasteiger partial charge in [0.05, 0.1) is 0 Å². The van der Waals surface area contributed by atoms with Crippen LogP contribution in [-0.2, 0) is 10.8 Å². The maximum Gasteiger partial charge on any atom is 0.164 e. The summed E-state index contributed by atoms with van der Waals surface area (Å²) in [7, 11) is 0. The lowest BCUT2D eigenvalue weighted by Crippen LogP contribution is -2.10. The van der Waals surface area contributed by atoms with Gasteiger partial charge >= 0.3 is 0 Å². The number of anilines is 3. The third-order valence-corrected chi connectivity index (χ3v) is 12.1. The lowest BCUT2D eigenvalue weighted by Gasteiger charge is -2.26. The minimum atomic E-state index is 0.0319. The van der Waals surface area contributed by atoms with Crippen LogP contribution in [0, 0.1) is 0 Å². The average Bonchev–Trinajstić information content (AvgIpc) is 3.70. The van der Waals surface area contributed by atoms with Gasteiger partial charge in [0.2, 0.25) is 0 Å². The van der Waals surface area contributed by atoms with E-state index in [1.54, 1.807) is 0 Å². The smallest absolute Gasteiger partial charge is 0.164 e. The van der Waals surface area contributed by atoms with Crippen molar-refractivity contribution in [1.29, 1.82) is 0 Å². The molecule has 5 heteroatoms. The largest absolute Gasteiger partial charge is 0.456 e. The fourth-order valence-corrected chi connectivity index (χ4v) is 8.45. The first kappa shape index (κ1) is 40.4. The first-order valence-electron chi connectivity index (χ1n) is 22.0. The quantitative estimate of drug-likeness (QED) is 0.153. The Balaban J connectivity index is 1.02. The molecular weight excluding hydrogens is 781 g/mol. The Labute approximate surface area is 375 Å². The van der Waals surface area contributed by atoms with Crippen molar-refractivity contribution < 1.29 is 4.42 Å². The van der Waals surface area contributed by atoms with E-state index in [1.807, 2.05) is 12.1 Å². The Hall–Kier alpha value is -7.63. The summed E-state index contributed by atoms with van der Waals surface area (Å²) in [5.41, 5.74) is 14.8. The highest BCUT2D eigenvalue weighted by atomic mass is 16.3. The van der Waals surface area contributed by atoms with Gasteiger partial charge in [-0.05, 0) is 98.8 Å². The molecule has 0 fully saturated rings. The number of aromatic nitrogens is 3. The van der Waals surface area contributed by atoms with E-state index < -0.39 is 0 Å². The molecule has 2 heterocycles. The van der Waals surface area contributed by atoms with Gasteiger partial charge in [0.1, 0.15) is 11.2 Å². The van der Waals surface area contributed by atoms with E-state index >= 15 is 0 Å². The number of rotatable bonds is 8. The Kier molecular flexibility index (Phi) is 10.3. The van der Waals surface area contributed by atoms with Gasteiger partial charge in [-0.3, -0.25) is 0 Å². The van der Waals surface area contributed by atoms with Crippen LogP contribution in [0.15, 0.2) is 199 Å². The molecule has 0 saturated carbocycles. The van der Waals surface area contributed by atoms with Gasteiger partial charge in [0, 0.05) is 44.5 Å². The van der Waals surface area contributed by atoms with Crippen molar-refractivity contribution in [2.24, 2.45) is 0 Å². The molecule has 10 aromatic rings. The summed E-state index contributed by atoms with van der Waals surface area (Å²) >= 11 is 0. The van der Waals surface area contributed by atoms with Crippen molar-refractivity contribution in [2.45, 2.75) is 52.4 Å². The molecule has 0 saturated heterocycles. The number of benzene rings is 8. The third kappa shape index (κ3) is 7.97. The number of nitrogens with zero attached hydrogens (tertiary/aromatic N) is 4. The summed E-state index contributed by atoms with van der Waals surface area (Å²) in [5.74, 6) is 1.86. The summed E-state index contributed by atoms with van der Waals surface area (Å²) in [5, 5.41) is 1.98. The van der Waals surface area contributed by atoms with E-state index in [-0.39, 0.29) is 10.8 Å². The summed E-state index contributed by atoms with van der Waals surface area (Å²) in [6, 6.07) is 68.4.